The molecule has 0 fully saturated rings. The summed E-state index contributed by atoms with van der Waals surface area (Å²) < 4.78 is 38.1. The van der Waals surface area contributed by atoms with Crippen LogP contribution >= 0.6 is 15.9 Å². The first kappa shape index (κ1) is 14.3. The predicted octanol–water partition coefficient (Wildman–Crippen LogP) is 2.08. The molecule has 2 unspecified atom stereocenters. The molecule has 0 bridgehead atoms. The Bertz CT molecular complexity index is 398. The van der Waals surface area contributed by atoms with Crippen molar-refractivity contribution in [1.82, 2.24) is 0 Å². The minimum atomic E-state index is -4.63. The van der Waals surface area contributed by atoms with Gasteiger partial charge in [0.05, 0.1) is 11.7 Å². The number of aliphatic hydroxyl groups is 2. The van der Waals surface area contributed by atoms with E-state index in [2.05, 4.69) is 15.9 Å². The van der Waals surface area contributed by atoms with Crippen LogP contribution < -0.4 is 5.73 Å². The van der Waals surface area contributed by atoms with Crippen LogP contribution in [0.4, 0.5) is 18.9 Å². The zero-order valence-corrected chi connectivity index (χ0v) is 10.2. The average molecular weight is 314 g/mol. The van der Waals surface area contributed by atoms with E-state index in [-0.39, 0.29) is 11.0 Å². The Morgan fingerprint density at radius 3 is 2.35 bits per heavy atom. The number of aliphatic hydroxyl groups excluding tert-OH is 2. The fraction of sp³-hybridized carbons (Fsp3) is 0.400. The van der Waals surface area contributed by atoms with Crippen molar-refractivity contribution in [2.45, 2.75) is 18.4 Å². The molecule has 1 rings (SSSR count). The zero-order chi connectivity index (χ0) is 13.2. The van der Waals surface area contributed by atoms with Crippen LogP contribution in [0, 0.1) is 0 Å². The van der Waals surface area contributed by atoms with E-state index in [0.29, 0.717) is 0 Å². The molecule has 0 aliphatic rings. The van der Waals surface area contributed by atoms with Gasteiger partial charge in [0, 0.05) is 11.0 Å². The van der Waals surface area contributed by atoms with Crippen LogP contribution in [0.25, 0.3) is 0 Å². The van der Waals surface area contributed by atoms with Gasteiger partial charge in [-0.25, -0.2) is 0 Å². The summed E-state index contributed by atoms with van der Waals surface area (Å²) >= 11 is 2.89. The molecule has 4 N–H and O–H groups in total. The first-order valence-electron chi connectivity index (χ1n) is 4.66. The molecule has 7 heteroatoms. The third kappa shape index (κ3) is 3.34. The lowest BCUT2D eigenvalue weighted by molar-refractivity contribution is -0.139. The van der Waals surface area contributed by atoms with Crippen molar-refractivity contribution in [1.29, 1.82) is 0 Å². The number of halogens is 4. The Labute approximate surface area is 104 Å². The molecule has 0 aromatic heterocycles. The maximum atomic E-state index is 12.7. The highest BCUT2D eigenvalue weighted by molar-refractivity contribution is 9.09. The van der Waals surface area contributed by atoms with Crippen molar-refractivity contribution in [2.75, 3.05) is 11.1 Å². The van der Waals surface area contributed by atoms with Gasteiger partial charge in [0.1, 0.15) is 6.10 Å². The number of anilines is 1. The fourth-order valence-corrected chi connectivity index (χ4v) is 1.72. The van der Waals surface area contributed by atoms with Gasteiger partial charge < -0.3 is 15.9 Å². The van der Waals surface area contributed by atoms with Crippen LogP contribution in [-0.4, -0.2) is 21.6 Å². The van der Waals surface area contributed by atoms with E-state index < -0.39 is 29.5 Å². The molecule has 0 radical (unpaired) electrons. The highest BCUT2D eigenvalue weighted by atomic mass is 79.9. The number of hydrogen-bond donors (Lipinski definition) is 3. The summed E-state index contributed by atoms with van der Waals surface area (Å²) in [6.45, 7) is 0. The molecule has 0 aliphatic carbocycles. The third-order valence-electron chi connectivity index (χ3n) is 2.22. The van der Waals surface area contributed by atoms with E-state index in [4.69, 9.17) is 5.73 Å². The molecule has 0 amide bonds. The molecular weight excluding hydrogens is 303 g/mol. The number of alkyl halides is 4. The quantitative estimate of drug-likeness (QED) is 0.591. The monoisotopic (exact) mass is 313 g/mol. The summed E-state index contributed by atoms with van der Waals surface area (Å²) in [5.41, 5.74) is 3.80. The van der Waals surface area contributed by atoms with Gasteiger partial charge in [-0.15, -0.1) is 0 Å². The maximum absolute atomic E-state index is 12.7. The maximum Gasteiger partial charge on any atom is 0.416 e. The third-order valence-corrected chi connectivity index (χ3v) is 2.89. The van der Waals surface area contributed by atoms with Gasteiger partial charge in [-0.05, 0) is 17.7 Å². The summed E-state index contributed by atoms with van der Waals surface area (Å²) in [5.74, 6) is 0. The van der Waals surface area contributed by atoms with E-state index in [9.17, 15) is 23.4 Å². The van der Waals surface area contributed by atoms with Crippen molar-refractivity contribution >= 4 is 21.6 Å². The van der Waals surface area contributed by atoms with Crippen molar-refractivity contribution in [3.63, 3.8) is 0 Å². The summed E-state index contributed by atoms with van der Waals surface area (Å²) in [6, 6.07) is 3.04. The Balaban J connectivity index is 3.24. The molecule has 0 heterocycles. The minimum absolute atomic E-state index is 0.0319. The van der Waals surface area contributed by atoms with E-state index in [0.717, 1.165) is 12.1 Å². The van der Waals surface area contributed by atoms with Crippen LogP contribution in [0.1, 0.15) is 17.2 Å². The molecule has 2 atom stereocenters. The highest BCUT2D eigenvalue weighted by Crippen LogP contribution is 2.36. The molecule has 0 aliphatic heterocycles. The predicted molar refractivity (Wildman–Crippen MR) is 60.6 cm³/mol. The lowest BCUT2D eigenvalue weighted by atomic mass is 9.98. The van der Waals surface area contributed by atoms with Gasteiger partial charge in [-0.2, -0.15) is 13.2 Å². The lowest BCUT2D eigenvalue weighted by Crippen LogP contribution is -2.23. The van der Waals surface area contributed by atoms with E-state index in [1.807, 2.05) is 0 Å². The van der Waals surface area contributed by atoms with Crippen LogP contribution in [0.15, 0.2) is 18.2 Å². The minimum Gasteiger partial charge on any atom is -0.399 e. The molecule has 17 heavy (non-hydrogen) atoms. The van der Waals surface area contributed by atoms with Crippen LogP contribution in [0.2, 0.25) is 0 Å². The van der Waals surface area contributed by atoms with Crippen molar-refractivity contribution < 1.29 is 23.4 Å². The van der Waals surface area contributed by atoms with Crippen molar-refractivity contribution in [3.05, 3.63) is 29.3 Å². The Kier molecular flexibility index (Phi) is 4.40. The second-order valence-electron chi connectivity index (χ2n) is 3.51. The number of hydrogen-bond acceptors (Lipinski definition) is 3. The van der Waals surface area contributed by atoms with Gasteiger partial charge in [0.15, 0.2) is 0 Å². The van der Waals surface area contributed by atoms with Gasteiger partial charge in [0.2, 0.25) is 0 Å². The summed E-state index contributed by atoms with van der Waals surface area (Å²) in [7, 11) is 0. The van der Waals surface area contributed by atoms with Gasteiger partial charge in [-0.3, -0.25) is 0 Å². The molecule has 96 valence electrons. The fourth-order valence-electron chi connectivity index (χ4n) is 1.37. The summed E-state index contributed by atoms with van der Waals surface area (Å²) in [6.07, 6.45) is -7.57. The van der Waals surface area contributed by atoms with E-state index >= 15 is 0 Å². The number of benzene rings is 1. The van der Waals surface area contributed by atoms with Crippen LogP contribution in [0.3, 0.4) is 0 Å². The second-order valence-corrected chi connectivity index (χ2v) is 4.16. The lowest BCUT2D eigenvalue weighted by Gasteiger charge is -2.20. The highest BCUT2D eigenvalue weighted by Gasteiger charge is 2.36. The summed E-state index contributed by atoms with van der Waals surface area (Å²) in [5, 5.41) is 18.9. The molecule has 0 saturated heterocycles. The molecule has 0 spiro atoms. The van der Waals surface area contributed by atoms with Crippen molar-refractivity contribution in [2.24, 2.45) is 0 Å². The van der Waals surface area contributed by atoms with Crippen molar-refractivity contribution in [3.8, 4) is 0 Å². The SMILES string of the molecule is Nc1ccc(C(O)C(O)CBr)c(C(F)(F)F)c1. The molecule has 1 aromatic carbocycles. The van der Waals surface area contributed by atoms with E-state index in [1.54, 1.807) is 0 Å². The zero-order valence-electron chi connectivity index (χ0n) is 8.58. The molecule has 0 saturated carbocycles. The first-order chi connectivity index (χ1) is 7.77. The Morgan fingerprint density at radius 1 is 1.29 bits per heavy atom. The summed E-state index contributed by atoms with van der Waals surface area (Å²) in [4.78, 5) is 0. The van der Waals surface area contributed by atoms with Gasteiger partial charge in [-0.1, -0.05) is 22.0 Å². The van der Waals surface area contributed by atoms with Crippen LogP contribution in [0.5, 0.6) is 0 Å². The Morgan fingerprint density at radius 2 is 1.88 bits per heavy atom. The largest absolute Gasteiger partial charge is 0.416 e. The second kappa shape index (κ2) is 5.24. The van der Waals surface area contributed by atoms with E-state index in [1.165, 1.54) is 6.07 Å². The molecule has 3 nitrogen and oxygen atoms in total. The molecule has 1 aromatic rings. The van der Waals surface area contributed by atoms with Gasteiger partial charge >= 0.3 is 6.18 Å². The first-order valence-corrected chi connectivity index (χ1v) is 5.78. The smallest absolute Gasteiger partial charge is 0.399 e. The average Bonchev–Trinajstić information content (AvgIpc) is 2.25. The Hall–Kier alpha value is -0.790. The topological polar surface area (TPSA) is 66.5 Å². The number of rotatable bonds is 3. The number of nitrogen functional groups attached to an aromatic ring is 1. The van der Waals surface area contributed by atoms with Crippen LogP contribution in [-0.2, 0) is 6.18 Å². The number of nitrogens with two attached hydrogens (primary N) is 1. The molecular formula is C10H11BrF3NO2. The standard InChI is InChI=1S/C10H11BrF3NO2/c11-4-8(16)9(17)6-2-1-5(15)3-7(6)10(12,13)14/h1-3,8-9,16-17H,4,15H2. The normalized spacial score (nSPS) is 15.6. The van der Waals surface area contributed by atoms with Gasteiger partial charge in [0.25, 0.3) is 0 Å².